The number of nitrogens with zero attached hydrogens (tertiary/aromatic N) is 2. The first-order valence-electron chi connectivity index (χ1n) is 7.56. The van der Waals surface area contributed by atoms with Crippen molar-refractivity contribution in [1.82, 2.24) is 4.90 Å². The summed E-state index contributed by atoms with van der Waals surface area (Å²) >= 11 is 0. The molecule has 21 heavy (non-hydrogen) atoms. The summed E-state index contributed by atoms with van der Waals surface area (Å²) in [6, 6.07) is 8.73. The molecule has 0 aliphatic carbocycles. The Bertz CT molecular complexity index is 444. The number of rotatable bonds is 4. The van der Waals surface area contributed by atoms with E-state index in [9.17, 15) is 0 Å². The number of piperidine rings is 1. The molecule has 0 saturated carbocycles. The Morgan fingerprint density at radius 1 is 1.33 bits per heavy atom. The third-order valence-electron chi connectivity index (χ3n) is 3.95. The Balaban J connectivity index is 0.00000220. The number of benzene rings is 1. The molecule has 4 nitrogen and oxygen atoms in total. The first-order valence-corrected chi connectivity index (χ1v) is 7.56. The average molecular weight is 402 g/mol. The molecule has 0 aromatic heterocycles. The molecule has 1 heterocycles. The lowest BCUT2D eigenvalue weighted by molar-refractivity contribution is 0.161. The Hall–Kier alpha value is -0.820. The number of hydrogen-bond donors (Lipinski definition) is 2. The summed E-state index contributed by atoms with van der Waals surface area (Å²) in [5, 5.41) is 3.15. The summed E-state index contributed by atoms with van der Waals surface area (Å²) in [6.45, 7) is 7.38. The first kappa shape index (κ1) is 18.2. The van der Waals surface area contributed by atoms with Crippen LogP contribution in [0.2, 0.25) is 0 Å². The molecule has 5 heteroatoms. The number of aliphatic imine (C=N–C) groups is 1. The highest BCUT2D eigenvalue weighted by molar-refractivity contribution is 14.0. The third kappa shape index (κ3) is 5.82. The highest BCUT2D eigenvalue weighted by Gasteiger charge is 2.20. The number of likely N-dealkylation sites (N-methyl/N-ethyl adjacent to an activating group) is 1. The minimum atomic E-state index is 0. The molecule has 1 aliphatic rings. The highest BCUT2D eigenvalue weighted by Crippen LogP contribution is 2.16. The van der Waals surface area contributed by atoms with Gasteiger partial charge < -0.3 is 11.1 Å². The Labute approximate surface area is 145 Å². The number of likely N-dealkylation sites (tertiary alicyclic amines) is 1. The second-order valence-electron chi connectivity index (χ2n) is 5.50. The van der Waals surface area contributed by atoms with Crippen molar-refractivity contribution in [2.24, 2.45) is 10.7 Å². The molecule has 1 atom stereocenters. The maximum atomic E-state index is 5.97. The smallest absolute Gasteiger partial charge is 0.193 e. The lowest BCUT2D eigenvalue weighted by Crippen LogP contribution is -2.41. The van der Waals surface area contributed by atoms with Crippen LogP contribution in [0.15, 0.2) is 29.3 Å². The third-order valence-corrected chi connectivity index (χ3v) is 3.95. The van der Waals surface area contributed by atoms with Gasteiger partial charge in [0.15, 0.2) is 5.96 Å². The van der Waals surface area contributed by atoms with Crippen LogP contribution in [0.4, 0.5) is 5.69 Å². The van der Waals surface area contributed by atoms with Gasteiger partial charge in [0, 0.05) is 11.7 Å². The minimum absolute atomic E-state index is 0. The molecule has 1 aromatic carbocycles. The summed E-state index contributed by atoms with van der Waals surface area (Å²) in [5.41, 5.74) is 8.20. The second-order valence-corrected chi connectivity index (χ2v) is 5.50. The summed E-state index contributed by atoms with van der Waals surface area (Å²) < 4.78 is 0. The van der Waals surface area contributed by atoms with Crippen LogP contribution >= 0.6 is 24.0 Å². The van der Waals surface area contributed by atoms with Crippen LogP contribution in [-0.2, 0) is 0 Å². The van der Waals surface area contributed by atoms with Gasteiger partial charge >= 0.3 is 0 Å². The van der Waals surface area contributed by atoms with Gasteiger partial charge in [-0.1, -0.05) is 31.0 Å². The van der Waals surface area contributed by atoms with Crippen LogP contribution in [0.5, 0.6) is 0 Å². The maximum Gasteiger partial charge on any atom is 0.193 e. The largest absolute Gasteiger partial charge is 0.370 e. The lowest BCUT2D eigenvalue weighted by Gasteiger charge is -2.33. The quantitative estimate of drug-likeness (QED) is 0.462. The molecule has 1 aliphatic heterocycles. The number of nitrogens with two attached hydrogens (primary N) is 1. The molecule has 1 aromatic rings. The molecule has 1 unspecified atom stereocenters. The fourth-order valence-corrected chi connectivity index (χ4v) is 2.71. The van der Waals surface area contributed by atoms with Crippen LogP contribution in [-0.4, -0.2) is 36.5 Å². The van der Waals surface area contributed by atoms with Gasteiger partial charge in [0.1, 0.15) is 0 Å². The van der Waals surface area contributed by atoms with Crippen molar-refractivity contribution < 1.29 is 0 Å². The van der Waals surface area contributed by atoms with Gasteiger partial charge in [-0.3, -0.25) is 9.89 Å². The number of nitrogens with one attached hydrogen (secondary N) is 1. The van der Waals surface area contributed by atoms with Crippen molar-refractivity contribution in [3.8, 4) is 0 Å². The number of hydrogen-bond acceptors (Lipinski definition) is 2. The summed E-state index contributed by atoms with van der Waals surface area (Å²) in [4.78, 5) is 7.01. The summed E-state index contributed by atoms with van der Waals surface area (Å²) in [5.74, 6) is 0.510. The molecule has 0 radical (unpaired) electrons. The second kappa shape index (κ2) is 9.25. The number of anilines is 1. The zero-order chi connectivity index (χ0) is 14.4. The van der Waals surface area contributed by atoms with E-state index in [1.807, 2.05) is 12.1 Å². The molecule has 1 fully saturated rings. The Morgan fingerprint density at radius 2 is 2.05 bits per heavy atom. The molecular formula is C16H27IN4. The van der Waals surface area contributed by atoms with E-state index in [0.29, 0.717) is 12.0 Å². The highest BCUT2D eigenvalue weighted by atomic mass is 127. The topological polar surface area (TPSA) is 53.6 Å². The molecule has 1 saturated heterocycles. The van der Waals surface area contributed by atoms with Crippen molar-refractivity contribution in [2.75, 3.05) is 25.0 Å². The summed E-state index contributed by atoms with van der Waals surface area (Å²) in [7, 11) is 0. The summed E-state index contributed by atoms with van der Waals surface area (Å²) in [6.07, 6.45) is 3.85. The van der Waals surface area contributed by atoms with Crippen LogP contribution in [0.3, 0.4) is 0 Å². The molecule has 0 amide bonds. The van der Waals surface area contributed by atoms with Gasteiger partial charge in [-0.2, -0.15) is 0 Å². The SMILES string of the molecule is CCN1CCCCC1CN=C(N)Nc1ccc(C)cc1.I. The normalized spacial score (nSPS) is 19.9. The van der Waals surface area contributed by atoms with E-state index >= 15 is 0 Å². The zero-order valence-electron chi connectivity index (χ0n) is 13.0. The molecule has 0 bridgehead atoms. The molecule has 2 rings (SSSR count). The molecular weight excluding hydrogens is 375 g/mol. The lowest BCUT2D eigenvalue weighted by atomic mass is 10.0. The van der Waals surface area contributed by atoms with E-state index in [1.54, 1.807) is 0 Å². The molecule has 3 N–H and O–H groups in total. The van der Waals surface area contributed by atoms with Gasteiger partial charge in [0.05, 0.1) is 6.54 Å². The van der Waals surface area contributed by atoms with E-state index in [1.165, 1.54) is 31.4 Å². The van der Waals surface area contributed by atoms with Crippen LogP contribution < -0.4 is 11.1 Å². The molecule has 118 valence electrons. The standard InChI is InChI=1S/C16H26N4.HI/c1-3-20-11-5-4-6-15(20)12-18-16(17)19-14-9-7-13(2)8-10-14;/h7-10,15H,3-6,11-12H2,1-2H3,(H3,17,18,19);1H. The van der Waals surface area contributed by atoms with Gasteiger partial charge in [-0.25, -0.2) is 0 Å². The van der Waals surface area contributed by atoms with Crippen molar-refractivity contribution in [3.63, 3.8) is 0 Å². The van der Waals surface area contributed by atoms with Gasteiger partial charge in [0.2, 0.25) is 0 Å². The predicted molar refractivity (Wildman–Crippen MR) is 102 cm³/mol. The van der Waals surface area contributed by atoms with E-state index in [0.717, 1.165) is 18.8 Å². The van der Waals surface area contributed by atoms with Crippen LogP contribution in [0.25, 0.3) is 0 Å². The van der Waals surface area contributed by atoms with Crippen molar-refractivity contribution >= 4 is 35.6 Å². The van der Waals surface area contributed by atoms with Crippen LogP contribution in [0, 0.1) is 6.92 Å². The first-order chi connectivity index (χ1) is 9.69. The van der Waals surface area contributed by atoms with Crippen molar-refractivity contribution in [1.29, 1.82) is 0 Å². The molecule has 0 spiro atoms. The van der Waals surface area contributed by atoms with Gasteiger partial charge in [-0.05, 0) is 45.0 Å². The van der Waals surface area contributed by atoms with E-state index in [-0.39, 0.29) is 24.0 Å². The number of halogens is 1. The fourth-order valence-electron chi connectivity index (χ4n) is 2.71. The van der Waals surface area contributed by atoms with E-state index in [2.05, 4.69) is 41.2 Å². The van der Waals surface area contributed by atoms with Crippen molar-refractivity contribution in [3.05, 3.63) is 29.8 Å². The number of aryl methyl sites for hydroxylation is 1. The number of guanidine groups is 1. The van der Waals surface area contributed by atoms with Gasteiger partial charge in [0.25, 0.3) is 0 Å². The predicted octanol–water partition coefficient (Wildman–Crippen LogP) is 3.21. The van der Waals surface area contributed by atoms with Crippen molar-refractivity contribution in [2.45, 2.75) is 39.2 Å². The average Bonchev–Trinajstić information content (AvgIpc) is 2.48. The maximum absolute atomic E-state index is 5.97. The van der Waals surface area contributed by atoms with Crippen LogP contribution in [0.1, 0.15) is 31.7 Å². The Morgan fingerprint density at radius 3 is 2.71 bits per heavy atom. The van der Waals surface area contributed by atoms with E-state index < -0.39 is 0 Å². The van der Waals surface area contributed by atoms with E-state index in [4.69, 9.17) is 5.73 Å². The Kier molecular flexibility index (Phi) is 8.03. The minimum Gasteiger partial charge on any atom is -0.370 e. The zero-order valence-corrected chi connectivity index (χ0v) is 15.3. The van der Waals surface area contributed by atoms with Gasteiger partial charge in [-0.15, -0.1) is 24.0 Å². The fraction of sp³-hybridized carbons (Fsp3) is 0.562. The monoisotopic (exact) mass is 402 g/mol.